The molecule has 2 heterocycles. The molecule has 1 aliphatic carbocycles. The van der Waals surface area contributed by atoms with Crippen LogP contribution in [-0.2, 0) is 17.6 Å². The lowest BCUT2D eigenvalue weighted by atomic mass is 9.97. The maximum Gasteiger partial charge on any atom is 0.257 e. The van der Waals surface area contributed by atoms with Crippen molar-refractivity contribution in [2.75, 3.05) is 11.1 Å². The van der Waals surface area contributed by atoms with Crippen molar-refractivity contribution in [1.29, 1.82) is 0 Å². The fourth-order valence-corrected chi connectivity index (χ4v) is 4.95. The summed E-state index contributed by atoms with van der Waals surface area (Å²) in [6.07, 6.45) is 4.07. The topological polar surface area (TPSA) is 64.0 Å². The van der Waals surface area contributed by atoms with Gasteiger partial charge in [0.15, 0.2) is 5.16 Å². The van der Waals surface area contributed by atoms with Crippen LogP contribution in [0.1, 0.15) is 42.1 Å². The monoisotopic (exact) mass is 389 g/mol. The molecule has 1 amide bonds. The van der Waals surface area contributed by atoms with Gasteiger partial charge in [-0.1, -0.05) is 29.4 Å². The molecule has 26 heavy (non-hydrogen) atoms. The van der Waals surface area contributed by atoms with Crippen molar-refractivity contribution in [2.24, 2.45) is 0 Å². The summed E-state index contributed by atoms with van der Waals surface area (Å²) < 4.78 is 1.74. The molecule has 136 valence electrons. The zero-order valence-corrected chi connectivity index (χ0v) is 16.1. The molecule has 1 aliphatic heterocycles. The number of nitrogens with zero attached hydrogens (tertiary/aromatic N) is 2. The van der Waals surface area contributed by atoms with Crippen LogP contribution in [0.4, 0.5) is 5.69 Å². The normalized spacial score (nSPS) is 18.3. The molecule has 0 saturated heterocycles. The van der Waals surface area contributed by atoms with Crippen LogP contribution in [0.3, 0.4) is 0 Å². The Kier molecular flexibility index (Phi) is 4.80. The molecule has 0 saturated carbocycles. The van der Waals surface area contributed by atoms with Gasteiger partial charge in [-0.3, -0.25) is 14.2 Å². The first kappa shape index (κ1) is 17.6. The van der Waals surface area contributed by atoms with E-state index in [0.717, 1.165) is 47.7 Å². The zero-order valence-electron chi connectivity index (χ0n) is 14.5. The molecule has 1 aromatic heterocycles. The third-order valence-corrected chi connectivity index (χ3v) is 6.59. The third-order valence-electron chi connectivity index (χ3n) is 5.09. The van der Waals surface area contributed by atoms with Crippen molar-refractivity contribution < 1.29 is 4.79 Å². The SMILES string of the molecule is Cc1c(Cl)cccc1NC(=O)CC1CSc2nc3c(c(=O)n21)CCCC3. The van der Waals surface area contributed by atoms with E-state index >= 15 is 0 Å². The summed E-state index contributed by atoms with van der Waals surface area (Å²) in [4.78, 5) is 30.2. The average molecular weight is 390 g/mol. The summed E-state index contributed by atoms with van der Waals surface area (Å²) in [5, 5.41) is 4.30. The molecule has 2 aromatic rings. The highest BCUT2D eigenvalue weighted by atomic mass is 35.5. The lowest BCUT2D eigenvalue weighted by molar-refractivity contribution is -0.116. The smallest absolute Gasteiger partial charge is 0.257 e. The molecule has 1 aromatic carbocycles. The van der Waals surface area contributed by atoms with Crippen molar-refractivity contribution >= 4 is 35.0 Å². The summed E-state index contributed by atoms with van der Waals surface area (Å²) in [6, 6.07) is 5.29. The van der Waals surface area contributed by atoms with Crippen molar-refractivity contribution in [3.8, 4) is 0 Å². The van der Waals surface area contributed by atoms with Crippen LogP contribution in [0, 0.1) is 6.92 Å². The van der Waals surface area contributed by atoms with E-state index < -0.39 is 0 Å². The number of halogens is 1. The second-order valence-electron chi connectivity index (χ2n) is 6.83. The van der Waals surface area contributed by atoms with Crippen LogP contribution >= 0.6 is 23.4 Å². The second kappa shape index (κ2) is 7.08. The summed E-state index contributed by atoms with van der Waals surface area (Å²) in [7, 11) is 0. The third kappa shape index (κ3) is 3.16. The molecule has 2 aliphatic rings. The molecule has 1 atom stereocenters. The van der Waals surface area contributed by atoms with Gasteiger partial charge in [0, 0.05) is 28.4 Å². The van der Waals surface area contributed by atoms with Crippen molar-refractivity contribution in [3.63, 3.8) is 0 Å². The number of thioether (sulfide) groups is 1. The van der Waals surface area contributed by atoms with E-state index in [4.69, 9.17) is 16.6 Å². The summed E-state index contributed by atoms with van der Waals surface area (Å²) >= 11 is 7.68. The van der Waals surface area contributed by atoms with Gasteiger partial charge in [0.25, 0.3) is 5.56 Å². The predicted octanol–water partition coefficient (Wildman–Crippen LogP) is 3.76. The highest BCUT2D eigenvalue weighted by molar-refractivity contribution is 7.99. The lowest BCUT2D eigenvalue weighted by Crippen LogP contribution is -2.32. The van der Waals surface area contributed by atoms with E-state index in [0.29, 0.717) is 16.5 Å². The number of aryl methyl sites for hydroxylation is 1. The largest absolute Gasteiger partial charge is 0.326 e. The Morgan fingerprint density at radius 3 is 3.04 bits per heavy atom. The highest BCUT2D eigenvalue weighted by Crippen LogP contribution is 2.34. The molecule has 0 fully saturated rings. The van der Waals surface area contributed by atoms with E-state index in [2.05, 4.69) is 5.32 Å². The fraction of sp³-hybridized carbons (Fsp3) is 0.421. The predicted molar refractivity (Wildman–Crippen MR) is 104 cm³/mol. The van der Waals surface area contributed by atoms with E-state index in [-0.39, 0.29) is 23.9 Å². The minimum atomic E-state index is -0.151. The van der Waals surface area contributed by atoms with Crippen LogP contribution in [0.2, 0.25) is 5.02 Å². The van der Waals surface area contributed by atoms with Gasteiger partial charge in [0.05, 0.1) is 11.7 Å². The van der Waals surface area contributed by atoms with Crippen LogP contribution in [0.15, 0.2) is 28.2 Å². The van der Waals surface area contributed by atoms with Gasteiger partial charge in [-0.15, -0.1) is 0 Å². The van der Waals surface area contributed by atoms with Crippen molar-refractivity contribution in [3.05, 3.63) is 50.4 Å². The first-order valence-electron chi connectivity index (χ1n) is 8.86. The van der Waals surface area contributed by atoms with Crippen LogP contribution in [0.5, 0.6) is 0 Å². The molecule has 0 spiro atoms. The molecule has 0 bridgehead atoms. The number of carbonyl (C=O) groups excluding carboxylic acids is 1. The fourth-order valence-electron chi connectivity index (χ4n) is 3.62. The van der Waals surface area contributed by atoms with E-state index in [1.165, 1.54) is 0 Å². The Morgan fingerprint density at radius 2 is 2.19 bits per heavy atom. The summed E-state index contributed by atoms with van der Waals surface area (Å²) in [5.74, 6) is 0.589. The highest BCUT2D eigenvalue weighted by Gasteiger charge is 2.30. The van der Waals surface area contributed by atoms with E-state index in [1.807, 2.05) is 19.1 Å². The summed E-state index contributed by atoms with van der Waals surface area (Å²) in [5.41, 5.74) is 3.41. The minimum absolute atomic E-state index is 0.0476. The molecule has 7 heteroatoms. The molecule has 4 rings (SSSR count). The first-order chi connectivity index (χ1) is 12.5. The number of hydrogen-bond donors (Lipinski definition) is 1. The number of aromatic nitrogens is 2. The lowest BCUT2D eigenvalue weighted by Gasteiger charge is -2.19. The standard InChI is InChI=1S/C19H20ClN3O2S/c1-11-14(20)6-4-8-15(11)21-17(24)9-12-10-26-19-22-16-7-3-2-5-13(16)18(25)23(12)19/h4,6,8,12H,2-3,5,7,9-10H2,1H3,(H,21,24). The Labute approximate surface area is 161 Å². The maximum absolute atomic E-state index is 12.9. The molecule has 0 radical (unpaired) electrons. The number of rotatable bonds is 3. The molecular weight excluding hydrogens is 370 g/mol. The summed E-state index contributed by atoms with van der Waals surface area (Å²) in [6.45, 7) is 1.87. The van der Waals surface area contributed by atoms with Gasteiger partial charge < -0.3 is 5.32 Å². The quantitative estimate of drug-likeness (QED) is 0.812. The van der Waals surface area contributed by atoms with E-state index in [1.54, 1.807) is 22.4 Å². The Morgan fingerprint density at radius 1 is 1.38 bits per heavy atom. The number of benzene rings is 1. The van der Waals surface area contributed by atoms with Crippen LogP contribution in [0.25, 0.3) is 0 Å². The van der Waals surface area contributed by atoms with E-state index in [9.17, 15) is 9.59 Å². The number of hydrogen-bond acceptors (Lipinski definition) is 4. The van der Waals surface area contributed by atoms with Crippen molar-refractivity contribution in [1.82, 2.24) is 9.55 Å². The number of nitrogens with one attached hydrogen (secondary N) is 1. The molecule has 1 unspecified atom stereocenters. The van der Waals surface area contributed by atoms with Crippen LogP contribution in [-0.4, -0.2) is 21.2 Å². The Bertz CT molecular complexity index is 941. The van der Waals surface area contributed by atoms with Gasteiger partial charge in [-0.05, 0) is 50.3 Å². The first-order valence-corrected chi connectivity index (χ1v) is 10.2. The van der Waals surface area contributed by atoms with Crippen LogP contribution < -0.4 is 10.9 Å². The average Bonchev–Trinajstić information content (AvgIpc) is 3.02. The molecule has 1 N–H and O–H groups in total. The number of anilines is 1. The van der Waals surface area contributed by atoms with Gasteiger partial charge in [0.1, 0.15) is 0 Å². The zero-order chi connectivity index (χ0) is 18.3. The Hall–Kier alpha value is -1.79. The van der Waals surface area contributed by atoms with Gasteiger partial charge in [-0.2, -0.15) is 0 Å². The van der Waals surface area contributed by atoms with Gasteiger partial charge in [-0.25, -0.2) is 4.98 Å². The van der Waals surface area contributed by atoms with Gasteiger partial charge >= 0.3 is 0 Å². The Balaban J connectivity index is 1.55. The number of carbonyl (C=O) groups is 1. The molecular formula is C19H20ClN3O2S. The minimum Gasteiger partial charge on any atom is -0.326 e. The number of fused-ring (bicyclic) bond motifs is 2. The number of amides is 1. The van der Waals surface area contributed by atoms with Gasteiger partial charge in [0.2, 0.25) is 5.91 Å². The second-order valence-corrected chi connectivity index (χ2v) is 8.23. The molecule has 5 nitrogen and oxygen atoms in total. The maximum atomic E-state index is 12.9. The van der Waals surface area contributed by atoms with Crippen molar-refractivity contribution in [2.45, 2.75) is 50.2 Å².